The topological polar surface area (TPSA) is 20.2 Å². The molecule has 0 saturated carbocycles. The van der Waals surface area contributed by atoms with Crippen LogP contribution in [0.2, 0.25) is 0 Å². The molecule has 1 nitrogen and oxygen atoms in total. The Morgan fingerprint density at radius 1 is 1.47 bits per heavy atom. The molecule has 0 aliphatic heterocycles. The SMILES string of the molecule is Cc1sc(Br)cc1C(O)c1csc(I)c1. The molecule has 0 amide bonds. The van der Waals surface area contributed by atoms with Gasteiger partial charge in [0, 0.05) is 4.88 Å². The molecule has 2 rings (SSSR count). The van der Waals surface area contributed by atoms with Gasteiger partial charge in [0.05, 0.1) is 6.67 Å². The zero-order valence-corrected chi connectivity index (χ0v) is 13.2. The minimum Gasteiger partial charge on any atom is -0.384 e. The average molecular weight is 415 g/mol. The van der Waals surface area contributed by atoms with E-state index in [0.29, 0.717) is 0 Å². The summed E-state index contributed by atoms with van der Waals surface area (Å²) < 4.78 is 2.27. The molecule has 0 spiro atoms. The molecule has 0 bridgehead atoms. The lowest BCUT2D eigenvalue weighted by Crippen LogP contribution is -1.97. The van der Waals surface area contributed by atoms with Crippen molar-refractivity contribution in [1.29, 1.82) is 0 Å². The molecule has 1 unspecified atom stereocenters. The van der Waals surface area contributed by atoms with Gasteiger partial charge in [-0.15, -0.1) is 22.7 Å². The number of thiophene rings is 2. The molecule has 2 heterocycles. The van der Waals surface area contributed by atoms with E-state index in [-0.39, 0.29) is 0 Å². The molecule has 0 radical (unpaired) electrons. The van der Waals surface area contributed by atoms with E-state index in [1.807, 2.05) is 24.4 Å². The van der Waals surface area contributed by atoms with E-state index in [9.17, 15) is 5.11 Å². The maximum Gasteiger partial charge on any atom is 0.106 e. The lowest BCUT2D eigenvalue weighted by atomic mass is 10.1. The van der Waals surface area contributed by atoms with Gasteiger partial charge in [-0.05, 0) is 74.1 Å². The van der Waals surface area contributed by atoms with Gasteiger partial charge < -0.3 is 5.11 Å². The molecule has 15 heavy (non-hydrogen) atoms. The lowest BCUT2D eigenvalue weighted by Gasteiger charge is -2.07. The molecule has 0 aliphatic rings. The number of hydrogen-bond acceptors (Lipinski definition) is 3. The van der Waals surface area contributed by atoms with Gasteiger partial charge in [0.25, 0.3) is 0 Å². The van der Waals surface area contributed by atoms with E-state index in [2.05, 4.69) is 38.5 Å². The molecule has 5 heteroatoms. The van der Waals surface area contributed by atoms with E-state index < -0.39 is 6.10 Å². The van der Waals surface area contributed by atoms with Gasteiger partial charge in [0.2, 0.25) is 0 Å². The predicted octanol–water partition coefficient (Wildman–Crippen LogP) is 4.57. The third kappa shape index (κ3) is 2.63. The Hall–Kier alpha value is 0.570. The lowest BCUT2D eigenvalue weighted by molar-refractivity contribution is 0.220. The first-order valence-electron chi connectivity index (χ1n) is 4.25. The number of halogens is 2. The van der Waals surface area contributed by atoms with Crippen molar-refractivity contribution < 1.29 is 5.11 Å². The van der Waals surface area contributed by atoms with Crippen LogP contribution in [0.25, 0.3) is 0 Å². The summed E-state index contributed by atoms with van der Waals surface area (Å²) in [6.45, 7) is 2.03. The number of aliphatic hydroxyl groups is 1. The van der Waals surface area contributed by atoms with Crippen LogP contribution in [-0.4, -0.2) is 5.11 Å². The first-order valence-corrected chi connectivity index (χ1v) is 7.82. The Labute approximate surface area is 118 Å². The zero-order chi connectivity index (χ0) is 11.0. The zero-order valence-electron chi connectivity index (χ0n) is 7.83. The maximum absolute atomic E-state index is 10.2. The molecular formula is C10H8BrIOS2. The van der Waals surface area contributed by atoms with Crippen LogP contribution in [0.3, 0.4) is 0 Å². The van der Waals surface area contributed by atoms with Crippen LogP contribution in [0, 0.1) is 9.81 Å². The Bertz CT molecular complexity index is 477. The van der Waals surface area contributed by atoms with Crippen LogP contribution in [0.5, 0.6) is 0 Å². The van der Waals surface area contributed by atoms with Gasteiger partial charge in [0.15, 0.2) is 0 Å². The monoisotopic (exact) mass is 414 g/mol. The van der Waals surface area contributed by atoms with Crippen molar-refractivity contribution in [2.45, 2.75) is 13.0 Å². The second-order valence-electron chi connectivity index (χ2n) is 3.15. The summed E-state index contributed by atoms with van der Waals surface area (Å²) in [5, 5.41) is 12.2. The standard InChI is InChI=1S/C10H8BrIOS2/c1-5-7(3-8(11)15-5)10(13)6-2-9(12)14-4-6/h2-4,10,13H,1H3. The fourth-order valence-electron chi connectivity index (χ4n) is 1.38. The molecule has 2 aromatic rings. The average Bonchev–Trinajstić information content (AvgIpc) is 2.71. The summed E-state index contributed by atoms with van der Waals surface area (Å²) >= 11 is 9.02. The number of hydrogen-bond donors (Lipinski definition) is 1. The van der Waals surface area contributed by atoms with Crippen molar-refractivity contribution in [3.05, 3.63) is 40.2 Å². The smallest absolute Gasteiger partial charge is 0.106 e. The normalized spacial score (nSPS) is 13.1. The van der Waals surface area contributed by atoms with Gasteiger partial charge in [0.1, 0.15) is 6.10 Å². The van der Waals surface area contributed by atoms with Gasteiger partial charge in [-0.3, -0.25) is 0 Å². The van der Waals surface area contributed by atoms with E-state index >= 15 is 0 Å². The van der Waals surface area contributed by atoms with Crippen molar-refractivity contribution in [3.63, 3.8) is 0 Å². The minimum absolute atomic E-state index is 0.493. The summed E-state index contributed by atoms with van der Waals surface area (Å²) in [7, 11) is 0. The second-order valence-corrected chi connectivity index (χ2v) is 8.59. The van der Waals surface area contributed by atoms with E-state index in [1.165, 1.54) is 2.88 Å². The van der Waals surface area contributed by atoms with E-state index in [0.717, 1.165) is 19.8 Å². The van der Waals surface area contributed by atoms with Crippen LogP contribution in [0.15, 0.2) is 21.3 Å². The highest BCUT2D eigenvalue weighted by molar-refractivity contribution is 14.1. The Kier molecular flexibility index (Phi) is 3.88. The van der Waals surface area contributed by atoms with Crippen molar-refractivity contribution in [2.24, 2.45) is 0 Å². The molecule has 0 fully saturated rings. The van der Waals surface area contributed by atoms with E-state index in [1.54, 1.807) is 22.7 Å². The molecule has 0 saturated heterocycles. The van der Waals surface area contributed by atoms with Crippen molar-refractivity contribution >= 4 is 61.2 Å². The molecule has 0 aromatic carbocycles. The van der Waals surface area contributed by atoms with E-state index in [4.69, 9.17) is 0 Å². The molecular weight excluding hydrogens is 407 g/mol. The molecule has 1 N–H and O–H groups in total. The highest BCUT2D eigenvalue weighted by atomic mass is 127. The number of rotatable bonds is 2. The van der Waals surface area contributed by atoms with Gasteiger partial charge >= 0.3 is 0 Å². The van der Waals surface area contributed by atoms with Crippen molar-refractivity contribution in [3.8, 4) is 0 Å². The molecule has 0 aliphatic carbocycles. The Balaban J connectivity index is 2.35. The van der Waals surface area contributed by atoms with Crippen LogP contribution in [-0.2, 0) is 0 Å². The highest BCUT2D eigenvalue weighted by Crippen LogP contribution is 2.35. The predicted molar refractivity (Wildman–Crippen MR) is 77.9 cm³/mol. The van der Waals surface area contributed by atoms with Gasteiger partial charge in [-0.25, -0.2) is 0 Å². The summed E-state index contributed by atoms with van der Waals surface area (Å²) in [6.07, 6.45) is -0.493. The Morgan fingerprint density at radius 2 is 2.20 bits per heavy atom. The maximum atomic E-state index is 10.2. The summed E-state index contributed by atoms with van der Waals surface area (Å²) in [4.78, 5) is 1.16. The third-order valence-electron chi connectivity index (χ3n) is 2.12. The minimum atomic E-state index is -0.493. The van der Waals surface area contributed by atoms with Crippen LogP contribution in [0.1, 0.15) is 22.1 Å². The first kappa shape index (κ1) is 12.0. The van der Waals surface area contributed by atoms with Crippen LogP contribution >= 0.6 is 61.2 Å². The number of aryl methyl sites for hydroxylation is 1. The molecule has 2 aromatic heterocycles. The fraction of sp³-hybridized carbons (Fsp3) is 0.200. The van der Waals surface area contributed by atoms with Crippen LogP contribution < -0.4 is 0 Å². The quantitative estimate of drug-likeness (QED) is 0.713. The first-order chi connectivity index (χ1) is 7.08. The summed E-state index contributed by atoms with van der Waals surface area (Å²) in [5.74, 6) is 0. The summed E-state index contributed by atoms with van der Waals surface area (Å²) in [6, 6.07) is 4.02. The molecule has 1 atom stereocenters. The largest absolute Gasteiger partial charge is 0.384 e. The Morgan fingerprint density at radius 3 is 2.67 bits per heavy atom. The third-order valence-corrected chi connectivity index (χ3v) is 5.50. The van der Waals surface area contributed by atoms with Crippen LogP contribution in [0.4, 0.5) is 0 Å². The highest BCUT2D eigenvalue weighted by Gasteiger charge is 2.16. The second kappa shape index (κ2) is 4.83. The van der Waals surface area contributed by atoms with Crippen molar-refractivity contribution in [2.75, 3.05) is 0 Å². The number of aliphatic hydroxyl groups excluding tert-OH is 1. The van der Waals surface area contributed by atoms with Gasteiger partial charge in [-0.2, -0.15) is 0 Å². The molecule has 80 valence electrons. The summed E-state index contributed by atoms with van der Waals surface area (Å²) in [5.41, 5.74) is 1.99. The fourth-order valence-corrected chi connectivity index (χ4v) is 4.51. The van der Waals surface area contributed by atoms with Crippen molar-refractivity contribution in [1.82, 2.24) is 0 Å². The van der Waals surface area contributed by atoms with Gasteiger partial charge in [-0.1, -0.05) is 0 Å².